The standard InChI is InChI=1S/C22H26N2O2/c1-3-22-11-7-12-23-13-10-16-15-8-5-6-9-17(15)24(19(16)20(22)23)18(14-22)21(25)26-4-2/h5-6,8-9,14,20H,3-4,7,10-13H2,1-2H3/t20-,22?/m1/s1. The van der Waals surface area contributed by atoms with Gasteiger partial charge in [0.15, 0.2) is 0 Å². The van der Waals surface area contributed by atoms with Crippen LogP contribution in [-0.2, 0) is 16.0 Å². The Morgan fingerprint density at radius 1 is 1.27 bits per heavy atom. The summed E-state index contributed by atoms with van der Waals surface area (Å²) in [5.41, 5.74) is 4.71. The molecule has 1 unspecified atom stereocenters. The van der Waals surface area contributed by atoms with Crippen molar-refractivity contribution in [2.24, 2.45) is 5.41 Å². The molecule has 0 bridgehead atoms. The summed E-state index contributed by atoms with van der Waals surface area (Å²) < 4.78 is 7.69. The summed E-state index contributed by atoms with van der Waals surface area (Å²) in [4.78, 5) is 15.6. The lowest BCUT2D eigenvalue weighted by atomic mass is 9.66. The second-order valence-electron chi connectivity index (χ2n) is 7.85. The molecule has 3 aliphatic heterocycles. The van der Waals surface area contributed by atoms with Crippen LogP contribution in [0.15, 0.2) is 30.3 Å². The van der Waals surface area contributed by atoms with Crippen molar-refractivity contribution in [1.29, 1.82) is 0 Å². The number of esters is 1. The number of hydrogen-bond acceptors (Lipinski definition) is 3. The lowest BCUT2D eigenvalue weighted by Gasteiger charge is -2.53. The van der Waals surface area contributed by atoms with E-state index in [9.17, 15) is 4.79 Å². The Morgan fingerprint density at radius 2 is 2.12 bits per heavy atom. The predicted molar refractivity (Wildman–Crippen MR) is 103 cm³/mol. The molecule has 136 valence electrons. The SMILES string of the molecule is CCOC(=O)C1=CC2(CC)CCCN3CCc4c(n1c1ccccc41)[C@@H]32. The van der Waals surface area contributed by atoms with Crippen LogP contribution in [0.4, 0.5) is 0 Å². The highest BCUT2D eigenvalue weighted by Gasteiger charge is 2.51. The minimum absolute atomic E-state index is 0.0416. The third-order valence-corrected chi connectivity index (χ3v) is 6.73. The van der Waals surface area contributed by atoms with Crippen molar-refractivity contribution in [2.75, 3.05) is 19.7 Å². The molecular formula is C22H26N2O2. The maximum absolute atomic E-state index is 12.9. The Kier molecular flexibility index (Phi) is 3.54. The summed E-state index contributed by atoms with van der Waals surface area (Å²) in [6.45, 7) is 6.85. The first-order chi connectivity index (χ1) is 12.7. The lowest BCUT2D eigenvalue weighted by Crippen LogP contribution is -2.51. The van der Waals surface area contributed by atoms with Crippen LogP contribution in [0.1, 0.15) is 50.4 Å². The molecule has 2 aromatic rings. The van der Waals surface area contributed by atoms with Gasteiger partial charge in [-0.05, 0) is 56.9 Å². The van der Waals surface area contributed by atoms with E-state index in [1.165, 1.54) is 23.1 Å². The average Bonchev–Trinajstić information content (AvgIpc) is 3.02. The van der Waals surface area contributed by atoms with Crippen molar-refractivity contribution in [3.05, 3.63) is 41.6 Å². The van der Waals surface area contributed by atoms with Gasteiger partial charge in [0.05, 0.1) is 18.2 Å². The van der Waals surface area contributed by atoms with Crippen molar-refractivity contribution in [2.45, 2.75) is 45.6 Å². The molecule has 3 aliphatic rings. The molecule has 0 N–H and O–H groups in total. The summed E-state index contributed by atoms with van der Waals surface area (Å²) in [5.74, 6) is -0.190. The van der Waals surface area contributed by atoms with Crippen molar-refractivity contribution in [1.82, 2.24) is 9.47 Å². The summed E-state index contributed by atoms with van der Waals surface area (Å²) in [6, 6.07) is 8.92. The molecule has 0 aliphatic carbocycles. The zero-order valence-electron chi connectivity index (χ0n) is 15.6. The molecule has 1 aromatic carbocycles. The van der Waals surface area contributed by atoms with Gasteiger partial charge in [0.1, 0.15) is 5.70 Å². The van der Waals surface area contributed by atoms with Gasteiger partial charge in [0.2, 0.25) is 0 Å². The van der Waals surface area contributed by atoms with Crippen LogP contribution >= 0.6 is 0 Å². The first-order valence-corrected chi connectivity index (χ1v) is 9.97. The van der Waals surface area contributed by atoms with Gasteiger partial charge in [-0.25, -0.2) is 4.79 Å². The highest BCUT2D eigenvalue weighted by molar-refractivity contribution is 6.13. The Bertz CT molecular complexity index is 926. The molecule has 4 nitrogen and oxygen atoms in total. The monoisotopic (exact) mass is 350 g/mol. The molecule has 1 saturated heterocycles. The number of para-hydroxylation sites is 1. The molecular weight excluding hydrogens is 324 g/mol. The molecule has 1 fully saturated rings. The van der Waals surface area contributed by atoms with Crippen LogP contribution in [0.25, 0.3) is 16.6 Å². The number of benzene rings is 1. The van der Waals surface area contributed by atoms with Gasteiger partial charge < -0.3 is 9.30 Å². The van der Waals surface area contributed by atoms with Gasteiger partial charge in [0.25, 0.3) is 0 Å². The quantitative estimate of drug-likeness (QED) is 0.780. The van der Waals surface area contributed by atoms with Crippen LogP contribution in [-0.4, -0.2) is 35.1 Å². The number of piperidine rings is 1. The van der Waals surface area contributed by atoms with Crippen LogP contribution in [0.3, 0.4) is 0 Å². The minimum atomic E-state index is -0.190. The average molecular weight is 350 g/mol. The summed E-state index contributed by atoms with van der Waals surface area (Å²) in [6.07, 6.45) is 6.73. The number of ether oxygens (including phenoxy) is 1. The third kappa shape index (κ3) is 1.96. The number of fused-ring (bicyclic) bond motifs is 3. The van der Waals surface area contributed by atoms with Gasteiger partial charge in [-0.1, -0.05) is 25.1 Å². The van der Waals surface area contributed by atoms with E-state index in [0.717, 1.165) is 43.6 Å². The molecule has 4 heteroatoms. The topological polar surface area (TPSA) is 34.5 Å². The number of carbonyl (C=O) groups excluding carboxylic acids is 1. The maximum atomic E-state index is 12.9. The maximum Gasteiger partial charge on any atom is 0.354 e. The normalized spacial score (nSPS) is 27.2. The largest absolute Gasteiger partial charge is 0.461 e. The van der Waals surface area contributed by atoms with Crippen molar-refractivity contribution < 1.29 is 9.53 Å². The molecule has 2 atom stereocenters. The first-order valence-electron chi connectivity index (χ1n) is 9.97. The smallest absolute Gasteiger partial charge is 0.354 e. The molecule has 0 spiro atoms. The molecule has 1 aromatic heterocycles. The van der Waals surface area contributed by atoms with Crippen LogP contribution in [0, 0.1) is 5.41 Å². The van der Waals surface area contributed by atoms with Gasteiger partial charge in [-0.2, -0.15) is 0 Å². The van der Waals surface area contributed by atoms with Crippen LogP contribution < -0.4 is 0 Å². The van der Waals surface area contributed by atoms with E-state index in [-0.39, 0.29) is 11.4 Å². The Balaban J connectivity index is 1.85. The number of hydrogen-bond donors (Lipinski definition) is 0. The lowest BCUT2D eigenvalue weighted by molar-refractivity contribution is -0.136. The predicted octanol–water partition coefficient (Wildman–Crippen LogP) is 4.15. The van der Waals surface area contributed by atoms with Crippen molar-refractivity contribution >= 4 is 22.6 Å². The van der Waals surface area contributed by atoms with E-state index < -0.39 is 0 Å². The third-order valence-electron chi connectivity index (χ3n) is 6.73. The molecule has 0 amide bonds. The van der Waals surface area contributed by atoms with E-state index in [0.29, 0.717) is 12.6 Å². The second-order valence-corrected chi connectivity index (χ2v) is 7.85. The Labute approximate surface area is 154 Å². The van der Waals surface area contributed by atoms with Gasteiger partial charge in [-0.15, -0.1) is 0 Å². The van der Waals surface area contributed by atoms with Gasteiger partial charge in [-0.3, -0.25) is 4.90 Å². The number of rotatable bonds is 3. The zero-order chi connectivity index (χ0) is 17.9. The molecule has 4 heterocycles. The highest BCUT2D eigenvalue weighted by Crippen LogP contribution is 2.57. The summed E-state index contributed by atoms with van der Waals surface area (Å²) in [5, 5.41) is 1.30. The van der Waals surface area contributed by atoms with Crippen LogP contribution in [0.5, 0.6) is 0 Å². The van der Waals surface area contributed by atoms with E-state index in [1.807, 2.05) is 6.92 Å². The van der Waals surface area contributed by atoms with E-state index >= 15 is 0 Å². The van der Waals surface area contributed by atoms with Crippen LogP contribution in [0.2, 0.25) is 0 Å². The first kappa shape index (κ1) is 16.1. The molecule has 0 saturated carbocycles. The molecule has 0 radical (unpaired) electrons. The fourth-order valence-corrected chi connectivity index (χ4v) is 5.63. The van der Waals surface area contributed by atoms with E-state index in [1.54, 1.807) is 0 Å². The van der Waals surface area contributed by atoms with Crippen molar-refractivity contribution in [3.63, 3.8) is 0 Å². The number of carbonyl (C=O) groups is 1. The molecule has 5 rings (SSSR count). The highest BCUT2D eigenvalue weighted by atomic mass is 16.5. The second kappa shape index (κ2) is 5.71. The Morgan fingerprint density at radius 3 is 2.92 bits per heavy atom. The van der Waals surface area contributed by atoms with Gasteiger partial charge >= 0.3 is 5.97 Å². The molecule has 26 heavy (non-hydrogen) atoms. The minimum Gasteiger partial charge on any atom is -0.461 e. The number of nitrogens with zero attached hydrogens (tertiary/aromatic N) is 2. The fraction of sp³-hybridized carbons (Fsp3) is 0.500. The van der Waals surface area contributed by atoms with Gasteiger partial charge in [0, 0.05) is 23.0 Å². The summed E-state index contributed by atoms with van der Waals surface area (Å²) in [7, 11) is 0. The Hall–Kier alpha value is -2.07. The van der Waals surface area contributed by atoms with E-state index in [4.69, 9.17) is 4.74 Å². The number of aromatic nitrogens is 1. The fourth-order valence-electron chi connectivity index (χ4n) is 5.63. The zero-order valence-corrected chi connectivity index (χ0v) is 15.6. The van der Waals surface area contributed by atoms with E-state index in [2.05, 4.69) is 46.7 Å². The summed E-state index contributed by atoms with van der Waals surface area (Å²) >= 11 is 0. The van der Waals surface area contributed by atoms with Crippen molar-refractivity contribution in [3.8, 4) is 0 Å².